The fraction of sp³-hybridized carbons (Fsp3) is 1.00. The van der Waals surface area contributed by atoms with Crippen molar-refractivity contribution < 1.29 is 18.3 Å². The Morgan fingerprint density at radius 2 is 2.08 bits per heavy atom. The molecule has 1 heterocycles. The fourth-order valence-corrected chi connectivity index (χ4v) is 2.10. The van der Waals surface area contributed by atoms with Crippen molar-refractivity contribution in [3.63, 3.8) is 0 Å². The summed E-state index contributed by atoms with van der Waals surface area (Å²) in [7, 11) is 0. The van der Waals surface area contributed by atoms with Gasteiger partial charge in [0.15, 0.2) is 5.60 Å². The van der Waals surface area contributed by atoms with Crippen LogP contribution in [-0.2, 0) is 0 Å². The van der Waals surface area contributed by atoms with Crippen LogP contribution in [0.25, 0.3) is 0 Å². The lowest BCUT2D eigenvalue weighted by Gasteiger charge is -2.25. The Kier molecular flexibility index (Phi) is 3.45. The fourth-order valence-electron chi connectivity index (χ4n) is 1.41. The van der Waals surface area contributed by atoms with E-state index in [4.69, 9.17) is 0 Å². The molecule has 1 N–H and O–H groups in total. The molecule has 1 rings (SSSR count). The molecule has 2 nitrogen and oxygen atoms in total. The molecule has 0 bridgehead atoms. The van der Waals surface area contributed by atoms with E-state index in [1.165, 1.54) is 0 Å². The van der Waals surface area contributed by atoms with Crippen LogP contribution in [0.3, 0.4) is 0 Å². The highest BCUT2D eigenvalue weighted by molar-refractivity contribution is 14.1. The molecule has 1 unspecified atom stereocenters. The number of aliphatic hydroxyl groups is 1. The number of hydrogen-bond donors (Lipinski definition) is 1. The van der Waals surface area contributed by atoms with Gasteiger partial charge >= 0.3 is 6.18 Å². The van der Waals surface area contributed by atoms with Crippen molar-refractivity contribution in [3.8, 4) is 0 Å². The quantitative estimate of drug-likeness (QED) is 0.616. The molecule has 1 fully saturated rings. The van der Waals surface area contributed by atoms with Crippen LogP contribution in [0.2, 0.25) is 0 Å². The molecule has 1 aliphatic rings. The van der Waals surface area contributed by atoms with E-state index in [0.29, 0.717) is 13.1 Å². The molecule has 0 aromatic carbocycles. The Morgan fingerprint density at radius 1 is 1.46 bits per heavy atom. The summed E-state index contributed by atoms with van der Waals surface area (Å²) in [4.78, 5) is 1.64. The minimum absolute atomic E-state index is 0.201. The zero-order chi connectivity index (χ0) is 10.1. The molecule has 1 saturated heterocycles. The zero-order valence-corrected chi connectivity index (χ0v) is 9.10. The first kappa shape index (κ1) is 11.5. The summed E-state index contributed by atoms with van der Waals surface area (Å²) in [6.45, 7) is 0.664. The predicted molar refractivity (Wildman–Crippen MR) is 50.9 cm³/mol. The first-order chi connectivity index (χ1) is 5.89. The van der Waals surface area contributed by atoms with Crippen LogP contribution in [-0.4, -0.2) is 45.8 Å². The second-order valence-corrected chi connectivity index (χ2v) is 4.32. The molecule has 1 aliphatic heterocycles. The monoisotopic (exact) mass is 309 g/mol. The van der Waals surface area contributed by atoms with Crippen LogP contribution in [0.4, 0.5) is 13.2 Å². The predicted octanol–water partition coefficient (Wildman–Crippen LogP) is 1.42. The van der Waals surface area contributed by atoms with E-state index in [0.717, 1.165) is 4.43 Å². The van der Waals surface area contributed by atoms with Crippen molar-refractivity contribution in [2.45, 2.75) is 18.2 Å². The van der Waals surface area contributed by atoms with Crippen molar-refractivity contribution >= 4 is 22.6 Å². The first-order valence-electron chi connectivity index (χ1n) is 3.96. The van der Waals surface area contributed by atoms with Gasteiger partial charge in [0.25, 0.3) is 0 Å². The number of β-amino-alcohol motifs (C(OH)–C–C–N with tert-alkyl or cyclic N) is 1. The van der Waals surface area contributed by atoms with Gasteiger partial charge in [-0.15, -0.1) is 0 Å². The van der Waals surface area contributed by atoms with E-state index < -0.39 is 11.8 Å². The molecule has 0 aromatic heterocycles. The highest BCUT2D eigenvalue weighted by Gasteiger charge is 2.56. The molecule has 0 aliphatic carbocycles. The lowest BCUT2D eigenvalue weighted by molar-refractivity contribution is -0.253. The SMILES string of the molecule is OC1(C(F)(F)F)CCN(CCI)C1. The normalized spacial score (nSPS) is 31.2. The third kappa shape index (κ3) is 2.47. The summed E-state index contributed by atoms with van der Waals surface area (Å²) in [6.07, 6.45) is -4.69. The Hall–Kier alpha value is 0.440. The molecule has 0 radical (unpaired) electrons. The van der Waals surface area contributed by atoms with Crippen LogP contribution in [0.1, 0.15) is 6.42 Å². The number of likely N-dealkylation sites (tertiary alicyclic amines) is 1. The molecule has 0 saturated carbocycles. The van der Waals surface area contributed by atoms with E-state index in [2.05, 4.69) is 22.6 Å². The van der Waals surface area contributed by atoms with Gasteiger partial charge in [-0.05, 0) is 6.42 Å². The minimum Gasteiger partial charge on any atom is -0.379 e. The Balaban J connectivity index is 2.56. The van der Waals surface area contributed by atoms with E-state index in [-0.39, 0.29) is 13.0 Å². The van der Waals surface area contributed by atoms with Crippen molar-refractivity contribution in [1.29, 1.82) is 0 Å². The molecule has 78 valence electrons. The molecule has 1 atom stereocenters. The average molecular weight is 309 g/mol. The van der Waals surface area contributed by atoms with Crippen molar-refractivity contribution in [2.75, 3.05) is 24.1 Å². The maximum absolute atomic E-state index is 12.3. The maximum atomic E-state index is 12.3. The van der Waals surface area contributed by atoms with Gasteiger partial charge in [-0.1, -0.05) is 22.6 Å². The van der Waals surface area contributed by atoms with Crippen LogP contribution >= 0.6 is 22.6 Å². The number of hydrogen-bond acceptors (Lipinski definition) is 2. The molecule has 0 aromatic rings. The van der Waals surface area contributed by atoms with Gasteiger partial charge < -0.3 is 5.11 Å². The number of nitrogens with zero attached hydrogens (tertiary/aromatic N) is 1. The van der Waals surface area contributed by atoms with E-state index in [1.54, 1.807) is 4.90 Å². The molecule has 6 heteroatoms. The van der Waals surface area contributed by atoms with Gasteiger partial charge in [0.05, 0.1) is 0 Å². The minimum atomic E-state index is -4.49. The van der Waals surface area contributed by atoms with Crippen LogP contribution in [0.15, 0.2) is 0 Å². The molecular weight excluding hydrogens is 298 g/mol. The Bertz CT molecular complexity index is 187. The second-order valence-electron chi connectivity index (χ2n) is 3.24. The summed E-state index contributed by atoms with van der Waals surface area (Å²) in [5, 5.41) is 9.26. The topological polar surface area (TPSA) is 23.5 Å². The Morgan fingerprint density at radius 3 is 2.46 bits per heavy atom. The number of alkyl halides is 4. The molecule has 0 amide bonds. The molecule has 13 heavy (non-hydrogen) atoms. The van der Waals surface area contributed by atoms with Crippen LogP contribution in [0, 0.1) is 0 Å². The third-order valence-corrected chi connectivity index (χ3v) is 2.74. The van der Waals surface area contributed by atoms with E-state index in [9.17, 15) is 18.3 Å². The van der Waals surface area contributed by atoms with Crippen molar-refractivity contribution in [2.24, 2.45) is 0 Å². The van der Waals surface area contributed by atoms with Gasteiger partial charge in [0, 0.05) is 24.1 Å². The largest absolute Gasteiger partial charge is 0.418 e. The zero-order valence-electron chi connectivity index (χ0n) is 6.94. The summed E-state index contributed by atoms with van der Waals surface area (Å²) < 4.78 is 37.6. The summed E-state index contributed by atoms with van der Waals surface area (Å²) in [6, 6.07) is 0. The van der Waals surface area contributed by atoms with Crippen molar-refractivity contribution in [1.82, 2.24) is 4.90 Å². The van der Waals surface area contributed by atoms with Gasteiger partial charge in [0.1, 0.15) is 0 Å². The summed E-state index contributed by atoms with van der Waals surface area (Å²) in [5.41, 5.74) is -2.47. The maximum Gasteiger partial charge on any atom is 0.418 e. The number of rotatable bonds is 2. The number of halogens is 4. The Labute approximate surface area is 88.2 Å². The molecular formula is C7H11F3INO. The van der Waals surface area contributed by atoms with E-state index >= 15 is 0 Å². The highest BCUT2D eigenvalue weighted by atomic mass is 127. The first-order valence-corrected chi connectivity index (χ1v) is 5.49. The summed E-state index contributed by atoms with van der Waals surface area (Å²) >= 11 is 2.11. The third-order valence-electron chi connectivity index (χ3n) is 2.26. The van der Waals surface area contributed by atoms with Gasteiger partial charge in [-0.25, -0.2) is 0 Å². The van der Waals surface area contributed by atoms with E-state index in [1.807, 2.05) is 0 Å². The van der Waals surface area contributed by atoms with Gasteiger partial charge in [0.2, 0.25) is 0 Å². The summed E-state index contributed by atoms with van der Waals surface area (Å²) in [5.74, 6) is 0. The van der Waals surface area contributed by atoms with Gasteiger partial charge in [-0.2, -0.15) is 13.2 Å². The average Bonchev–Trinajstić information content (AvgIpc) is 2.32. The second kappa shape index (κ2) is 3.90. The lowest BCUT2D eigenvalue weighted by atomic mass is 10.0. The highest BCUT2D eigenvalue weighted by Crippen LogP contribution is 2.37. The molecule has 0 spiro atoms. The van der Waals surface area contributed by atoms with Crippen LogP contribution in [0.5, 0.6) is 0 Å². The van der Waals surface area contributed by atoms with Crippen molar-refractivity contribution in [3.05, 3.63) is 0 Å². The van der Waals surface area contributed by atoms with Gasteiger partial charge in [-0.3, -0.25) is 4.90 Å². The lowest BCUT2D eigenvalue weighted by Crippen LogP contribution is -2.47. The smallest absolute Gasteiger partial charge is 0.379 e. The van der Waals surface area contributed by atoms with Crippen LogP contribution < -0.4 is 0 Å². The standard InChI is InChI=1S/C7H11F3INO/c8-7(9,10)6(13)1-3-12(5-6)4-2-11/h13H,1-5H2.